The van der Waals surface area contributed by atoms with Gasteiger partial charge in [0.05, 0.1) is 5.60 Å². The highest BCUT2D eigenvalue weighted by Gasteiger charge is 2.30. The van der Waals surface area contributed by atoms with Crippen molar-refractivity contribution in [3.63, 3.8) is 0 Å². The largest absolute Gasteiger partial charge is 0.358 e. The summed E-state index contributed by atoms with van der Waals surface area (Å²) >= 11 is 0. The maximum absolute atomic E-state index is 5.59. The Kier molecular flexibility index (Phi) is 3.63. The fourth-order valence-corrected chi connectivity index (χ4v) is 1.18. The molecule has 1 aliphatic rings. The van der Waals surface area contributed by atoms with Gasteiger partial charge in [-0.25, -0.2) is 0 Å². The first kappa shape index (κ1) is 10.2. The fraction of sp³-hybridized carbons (Fsp3) is 1.00. The first-order valence-electron chi connectivity index (χ1n) is 3.49. The maximum Gasteiger partial charge on any atom is 0.108 e. The molecule has 10 heavy (non-hydrogen) atoms. The number of hydrogen-bond donors (Lipinski definition) is 1. The summed E-state index contributed by atoms with van der Waals surface area (Å²) in [6.45, 7) is 4.26. The van der Waals surface area contributed by atoms with Crippen LogP contribution in [0.4, 0.5) is 0 Å². The molecular weight excluding hydrogens is 150 g/mol. The average Bonchev–Trinajstić information content (AvgIpc) is 2.10. The highest BCUT2D eigenvalue weighted by Crippen LogP contribution is 2.27. The number of nitrogens with one attached hydrogen (secondary N) is 1. The molecular formula is C7H16ClNO. The van der Waals surface area contributed by atoms with Crippen LogP contribution in [0.2, 0.25) is 0 Å². The van der Waals surface area contributed by atoms with Crippen molar-refractivity contribution in [2.75, 3.05) is 7.05 Å². The predicted molar refractivity (Wildman–Crippen MR) is 44.5 cm³/mol. The molecule has 1 rings (SSSR count). The minimum absolute atomic E-state index is 0. The van der Waals surface area contributed by atoms with Gasteiger partial charge in [-0.15, -0.1) is 12.4 Å². The van der Waals surface area contributed by atoms with Crippen LogP contribution in [0.25, 0.3) is 0 Å². The van der Waals surface area contributed by atoms with Crippen LogP contribution in [0.5, 0.6) is 0 Å². The highest BCUT2D eigenvalue weighted by molar-refractivity contribution is 5.85. The van der Waals surface area contributed by atoms with Gasteiger partial charge in [-0.1, -0.05) is 0 Å². The average molecular weight is 166 g/mol. The van der Waals surface area contributed by atoms with Gasteiger partial charge in [-0.3, -0.25) is 5.32 Å². The topological polar surface area (TPSA) is 21.3 Å². The lowest BCUT2D eigenvalue weighted by Crippen LogP contribution is -2.28. The van der Waals surface area contributed by atoms with Crippen LogP contribution in [-0.2, 0) is 4.74 Å². The Morgan fingerprint density at radius 3 is 2.30 bits per heavy atom. The molecule has 1 saturated heterocycles. The fourth-order valence-electron chi connectivity index (χ4n) is 1.18. The van der Waals surface area contributed by atoms with Crippen molar-refractivity contribution < 1.29 is 4.74 Å². The van der Waals surface area contributed by atoms with Crippen LogP contribution in [-0.4, -0.2) is 18.9 Å². The first-order chi connectivity index (χ1) is 4.14. The molecule has 3 heteroatoms. The van der Waals surface area contributed by atoms with Crippen LogP contribution < -0.4 is 5.32 Å². The minimum atomic E-state index is 0. The summed E-state index contributed by atoms with van der Waals surface area (Å²) in [5.74, 6) is 0. The summed E-state index contributed by atoms with van der Waals surface area (Å²) in [4.78, 5) is 0. The van der Waals surface area contributed by atoms with Crippen molar-refractivity contribution in [1.82, 2.24) is 5.32 Å². The molecule has 0 aromatic rings. The number of ether oxygens (including phenoxy) is 1. The molecule has 0 saturated carbocycles. The molecule has 0 amide bonds. The second-order valence-electron chi connectivity index (χ2n) is 3.19. The summed E-state index contributed by atoms with van der Waals surface area (Å²) in [5, 5.41) is 3.10. The smallest absolute Gasteiger partial charge is 0.108 e. The summed E-state index contributed by atoms with van der Waals surface area (Å²) in [6.07, 6.45) is 2.60. The number of hydrogen-bond acceptors (Lipinski definition) is 2. The van der Waals surface area contributed by atoms with E-state index in [0.717, 1.165) is 6.42 Å². The van der Waals surface area contributed by atoms with Crippen LogP contribution in [0.1, 0.15) is 26.7 Å². The summed E-state index contributed by atoms with van der Waals surface area (Å²) in [5.41, 5.74) is 0.105. The zero-order valence-corrected chi connectivity index (χ0v) is 7.62. The third-order valence-corrected chi connectivity index (χ3v) is 1.79. The monoisotopic (exact) mass is 165 g/mol. The van der Waals surface area contributed by atoms with Crippen LogP contribution in [0.15, 0.2) is 0 Å². The van der Waals surface area contributed by atoms with Crippen molar-refractivity contribution in [3.8, 4) is 0 Å². The SMILES string of the molecule is CNC1CCC(C)(C)O1.Cl. The van der Waals surface area contributed by atoms with Crippen molar-refractivity contribution in [3.05, 3.63) is 0 Å². The van der Waals surface area contributed by atoms with Gasteiger partial charge in [0.1, 0.15) is 6.23 Å². The van der Waals surface area contributed by atoms with E-state index >= 15 is 0 Å². The molecule has 2 nitrogen and oxygen atoms in total. The Morgan fingerprint density at radius 1 is 1.50 bits per heavy atom. The van der Waals surface area contributed by atoms with Gasteiger partial charge in [0.2, 0.25) is 0 Å². The zero-order valence-electron chi connectivity index (χ0n) is 6.81. The second-order valence-corrected chi connectivity index (χ2v) is 3.19. The van der Waals surface area contributed by atoms with Gasteiger partial charge in [-0.05, 0) is 33.7 Å². The van der Waals surface area contributed by atoms with Gasteiger partial charge < -0.3 is 4.74 Å². The molecule has 1 unspecified atom stereocenters. The van der Waals surface area contributed by atoms with Crippen molar-refractivity contribution in [2.24, 2.45) is 0 Å². The molecule has 0 aromatic heterocycles. The summed E-state index contributed by atoms with van der Waals surface area (Å²) in [6, 6.07) is 0. The van der Waals surface area contributed by atoms with E-state index < -0.39 is 0 Å². The molecule has 1 fully saturated rings. The third kappa shape index (κ3) is 2.45. The van der Waals surface area contributed by atoms with Crippen LogP contribution >= 0.6 is 12.4 Å². The van der Waals surface area contributed by atoms with Crippen molar-refractivity contribution in [2.45, 2.75) is 38.5 Å². The van der Waals surface area contributed by atoms with Gasteiger partial charge in [-0.2, -0.15) is 0 Å². The van der Waals surface area contributed by atoms with Gasteiger partial charge in [0, 0.05) is 0 Å². The van der Waals surface area contributed by atoms with Crippen molar-refractivity contribution >= 4 is 12.4 Å². The van der Waals surface area contributed by atoms with E-state index in [1.807, 2.05) is 7.05 Å². The summed E-state index contributed by atoms with van der Waals surface area (Å²) in [7, 11) is 1.94. The quantitative estimate of drug-likeness (QED) is 0.637. The van der Waals surface area contributed by atoms with Crippen LogP contribution in [0, 0.1) is 0 Å². The molecule has 0 radical (unpaired) electrons. The first-order valence-corrected chi connectivity index (χ1v) is 3.49. The standard InChI is InChI=1S/C7H15NO.ClH/c1-7(2)5-4-6(8-3)9-7;/h6,8H,4-5H2,1-3H3;1H. The molecule has 1 atom stereocenters. The van der Waals surface area contributed by atoms with E-state index in [1.165, 1.54) is 6.42 Å². The molecule has 0 bridgehead atoms. The number of halogens is 1. The third-order valence-electron chi connectivity index (χ3n) is 1.79. The Hall–Kier alpha value is 0.210. The van der Waals surface area contributed by atoms with Crippen molar-refractivity contribution in [1.29, 1.82) is 0 Å². The lowest BCUT2D eigenvalue weighted by Gasteiger charge is -2.18. The lowest BCUT2D eigenvalue weighted by molar-refractivity contribution is -0.0262. The van der Waals surface area contributed by atoms with Gasteiger partial charge in [0.15, 0.2) is 0 Å². The van der Waals surface area contributed by atoms with E-state index in [4.69, 9.17) is 4.74 Å². The van der Waals surface area contributed by atoms with E-state index in [9.17, 15) is 0 Å². The Morgan fingerprint density at radius 2 is 2.10 bits per heavy atom. The molecule has 0 spiro atoms. The number of rotatable bonds is 1. The van der Waals surface area contributed by atoms with Gasteiger partial charge >= 0.3 is 0 Å². The Labute approximate surface area is 68.7 Å². The lowest BCUT2D eigenvalue weighted by atomic mass is 10.1. The Balaban J connectivity index is 0.000000810. The maximum atomic E-state index is 5.59. The van der Waals surface area contributed by atoms with E-state index in [-0.39, 0.29) is 18.0 Å². The normalized spacial score (nSPS) is 29.7. The molecule has 1 heterocycles. The molecule has 0 aromatic carbocycles. The zero-order chi connectivity index (χ0) is 6.91. The van der Waals surface area contributed by atoms with Crippen LogP contribution in [0.3, 0.4) is 0 Å². The second kappa shape index (κ2) is 3.56. The molecule has 1 aliphatic heterocycles. The van der Waals surface area contributed by atoms with E-state index in [2.05, 4.69) is 19.2 Å². The predicted octanol–water partition coefficient (Wildman–Crippen LogP) is 1.54. The van der Waals surface area contributed by atoms with Gasteiger partial charge in [0.25, 0.3) is 0 Å². The van der Waals surface area contributed by atoms with E-state index in [1.54, 1.807) is 0 Å². The molecule has 0 aliphatic carbocycles. The summed E-state index contributed by atoms with van der Waals surface area (Å²) < 4.78 is 5.59. The highest BCUT2D eigenvalue weighted by atomic mass is 35.5. The molecule has 1 N–H and O–H groups in total. The van der Waals surface area contributed by atoms with E-state index in [0.29, 0.717) is 6.23 Å². The molecule has 62 valence electrons. The Bertz CT molecular complexity index is 106. The minimum Gasteiger partial charge on any atom is -0.358 e.